The highest BCUT2D eigenvalue weighted by Gasteiger charge is 2.20. The molecule has 1 aromatic carbocycles. The number of hydrogen-bond acceptors (Lipinski definition) is 2. The van der Waals surface area contributed by atoms with E-state index in [0.29, 0.717) is 11.3 Å². The smallest absolute Gasteiger partial charge is 0.0376 e. The van der Waals surface area contributed by atoms with Gasteiger partial charge in [0.25, 0.3) is 0 Å². The van der Waals surface area contributed by atoms with Crippen molar-refractivity contribution in [3.8, 4) is 0 Å². The zero-order chi connectivity index (χ0) is 12.3. The van der Waals surface area contributed by atoms with Gasteiger partial charge in [0, 0.05) is 18.2 Å². The fourth-order valence-corrected chi connectivity index (χ4v) is 2.35. The van der Waals surface area contributed by atoms with Crippen LogP contribution in [0.4, 0.5) is 5.69 Å². The molecule has 94 valence electrons. The highest BCUT2D eigenvalue weighted by atomic mass is 14.9. The molecule has 2 N–H and O–H groups in total. The Morgan fingerprint density at radius 3 is 2.82 bits per heavy atom. The molecule has 0 amide bonds. The molecule has 0 saturated heterocycles. The predicted octanol–water partition coefficient (Wildman–Crippen LogP) is 3.22. The van der Waals surface area contributed by atoms with Crippen molar-refractivity contribution >= 4 is 5.69 Å². The second-order valence-electron chi connectivity index (χ2n) is 6.19. The number of anilines is 1. The summed E-state index contributed by atoms with van der Waals surface area (Å²) in [5.41, 5.74) is 3.20. The molecule has 0 radical (unpaired) electrons. The van der Waals surface area contributed by atoms with Crippen molar-refractivity contribution in [1.82, 2.24) is 5.32 Å². The Morgan fingerprint density at radius 1 is 1.29 bits per heavy atom. The normalized spacial score (nSPS) is 18.9. The molecule has 1 aliphatic rings. The molecule has 2 nitrogen and oxygen atoms in total. The standard InChI is InChI=1S/C15H24N2/c1-15(2,3)11-16-9-8-12-10-17-14-7-5-4-6-13(12)14/h4-7,12,16-17H,8-11H2,1-3H3. The van der Waals surface area contributed by atoms with Gasteiger partial charge in [-0.2, -0.15) is 0 Å². The molecular formula is C15H24N2. The molecule has 0 spiro atoms. The fraction of sp³-hybridized carbons (Fsp3) is 0.600. The lowest BCUT2D eigenvalue weighted by molar-refractivity contribution is 0.376. The Morgan fingerprint density at radius 2 is 2.06 bits per heavy atom. The summed E-state index contributed by atoms with van der Waals surface area (Å²) < 4.78 is 0. The van der Waals surface area contributed by atoms with Crippen LogP contribution in [0.2, 0.25) is 0 Å². The number of fused-ring (bicyclic) bond motifs is 1. The van der Waals surface area contributed by atoms with Crippen molar-refractivity contribution in [3.05, 3.63) is 29.8 Å². The van der Waals surface area contributed by atoms with E-state index in [1.165, 1.54) is 17.7 Å². The molecule has 0 saturated carbocycles. The third-order valence-electron chi connectivity index (χ3n) is 3.26. The van der Waals surface area contributed by atoms with Crippen LogP contribution in [0.3, 0.4) is 0 Å². The SMILES string of the molecule is CC(C)(C)CNCCC1CNc2ccccc21. The monoisotopic (exact) mass is 232 g/mol. The summed E-state index contributed by atoms with van der Waals surface area (Å²) in [5.74, 6) is 0.679. The van der Waals surface area contributed by atoms with E-state index in [0.717, 1.165) is 19.6 Å². The highest BCUT2D eigenvalue weighted by Crippen LogP contribution is 2.32. The van der Waals surface area contributed by atoms with Crippen molar-refractivity contribution in [3.63, 3.8) is 0 Å². The van der Waals surface area contributed by atoms with E-state index in [4.69, 9.17) is 0 Å². The van der Waals surface area contributed by atoms with Gasteiger partial charge >= 0.3 is 0 Å². The Bertz CT molecular complexity index is 365. The lowest BCUT2D eigenvalue weighted by atomic mass is 9.95. The maximum absolute atomic E-state index is 3.56. The first-order valence-corrected chi connectivity index (χ1v) is 6.60. The number of para-hydroxylation sites is 1. The highest BCUT2D eigenvalue weighted by molar-refractivity contribution is 5.57. The van der Waals surface area contributed by atoms with E-state index in [9.17, 15) is 0 Å². The van der Waals surface area contributed by atoms with Gasteiger partial charge in [0.05, 0.1) is 0 Å². The molecule has 1 atom stereocenters. The van der Waals surface area contributed by atoms with Crippen LogP contribution in [0, 0.1) is 5.41 Å². The van der Waals surface area contributed by atoms with E-state index in [1.54, 1.807) is 0 Å². The molecule has 0 fully saturated rings. The van der Waals surface area contributed by atoms with Crippen LogP contribution in [-0.4, -0.2) is 19.6 Å². The van der Waals surface area contributed by atoms with Crippen molar-refractivity contribution in [2.24, 2.45) is 5.41 Å². The first kappa shape index (κ1) is 12.4. The third-order valence-corrected chi connectivity index (χ3v) is 3.26. The Balaban J connectivity index is 1.78. The maximum Gasteiger partial charge on any atom is 0.0376 e. The molecule has 1 heterocycles. The summed E-state index contributed by atoms with van der Waals surface area (Å²) in [5, 5.41) is 7.03. The second kappa shape index (κ2) is 5.09. The van der Waals surface area contributed by atoms with Gasteiger partial charge in [-0.3, -0.25) is 0 Å². The van der Waals surface area contributed by atoms with Gasteiger partial charge in [-0.05, 0) is 36.6 Å². The van der Waals surface area contributed by atoms with E-state index in [1.807, 2.05) is 0 Å². The summed E-state index contributed by atoms with van der Waals surface area (Å²) >= 11 is 0. The minimum absolute atomic E-state index is 0.381. The maximum atomic E-state index is 3.56. The quantitative estimate of drug-likeness (QED) is 0.779. The lowest BCUT2D eigenvalue weighted by Gasteiger charge is -2.19. The summed E-state index contributed by atoms with van der Waals surface area (Å²) in [6.07, 6.45) is 1.22. The topological polar surface area (TPSA) is 24.1 Å². The molecule has 0 aromatic heterocycles. The van der Waals surface area contributed by atoms with Gasteiger partial charge in [0.2, 0.25) is 0 Å². The fourth-order valence-electron chi connectivity index (χ4n) is 2.35. The minimum Gasteiger partial charge on any atom is -0.384 e. The van der Waals surface area contributed by atoms with Crippen LogP contribution < -0.4 is 10.6 Å². The third kappa shape index (κ3) is 3.47. The van der Waals surface area contributed by atoms with E-state index < -0.39 is 0 Å². The summed E-state index contributed by atoms with van der Waals surface area (Å²) in [4.78, 5) is 0. The van der Waals surface area contributed by atoms with Gasteiger partial charge in [-0.15, -0.1) is 0 Å². The van der Waals surface area contributed by atoms with Crippen LogP contribution in [0.1, 0.15) is 38.7 Å². The Kier molecular flexibility index (Phi) is 3.72. The summed E-state index contributed by atoms with van der Waals surface area (Å²) in [6.45, 7) is 10.1. The zero-order valence-corrected chi connectivity index (χ0v) is 11.2. The number of hydrogen-bond donors (Lipinski definition) is 2. The second-order valence-corrected chi connectivity index (χ2v) is 6.19. The van der Waals surface area contributed by atoms with Crippen LogP contribution in [0.15, 0.2) is 24.3 Å². The molecule has 2 rings (SSSR count). The van der Waals surface area contributed by atoms with Crippen molar-refractivity contribution < 1.29 is 0 Å². The van der Waals surface area contributed by atoms with Crippen molar-refractivity contribution in [1.29, 1.82) is 0 Å². The number of rotatable bonds is 4. The van der Waals surface area contributed by atoms with E-state index >= 15 is 0 Å². The van der Waals surface area contributed by atoms with Crippen LogP contribution in [0.5, 0.6) is 0 Å². The number of nitrogens with one attached hydrogen (secondary N) is 2. The van der Waals surface area contributed by atoms with Gasteiger partial charge < -0.3 is 10.6 Å². The lowest BCUT2D eigenvalue weighted by Crippen LogP contribution is -2.28. The van der Waals surface area contributed by atoms with Crippen LogP contribution in [-0.2, 0) is 0 Å². The molecule has 17 heavy (non-hydrogen) atoms. The van der Waals surface area contributed by atoms with Crippen molar-refractivity contribution in [2.75, 3.05) is 25.0 Å². The molecule has 1 unspecified atom stereocenters. The molecule has 0 aliphatic carbocycles. The summed E-state index contributed by atoms with van der Waals surface area (Å²) in [7, 11) is 0. The number of benzene rings is 1. The van der Waals surface area contributed by atoms with Crippen LogP contribution >= 0.6 is 0 Å². The Hall–Kier alpha value is -1.02. The average Bonchev–Trinajstić information content (AvgIpc) is 2.67. The average molecular weight is 232 g/mol. The molecule has 0 bridgehead atoms. The molecule has 2 heteroatoms. The largest absolute Gasteiger partial charge is 0.384 e. The van der Waals surface area contributed by atoms with Gasteiger partial charge in [0.1, 0.15) is 0 Å². The van der Waals surface area contributed by atoms with Gasteiger partial charge in [-0.1, -0.05) is 39.0 Å². The first-order chi connectivity index (χ1) is 8.06. The minimum atomic E-state index is 0.381. The summed E-state index contributed by atoms with van der Waals surface area (Å²) in [6, 6.07) is 8.68. The zero-order valence-electron chi connectivity index (χ0n) is 11.2. The first-order valence-electron chi connectivity index (χ1n) is 6.60. The van der Waals surface area contributed by atoms with Gasteiger partial charge in [0.15, 0.2) is 0 Å². The van der Waals surface area contributed by atoms with E-state index in [-0.39, 0.29) is 0 Å². The molecule has 1 aromatic rings. The van der Waals surface area contributed by atoms with E-state index in [2.05, 4.69) is 55.7 Å². The Labute approximate surface area is 105 Å². The van der Waals surface area contributed by atoms with Crippen LogP contribution in [0.25, 0.3) is 0 Å². The molecular weight excluding hydrogens is 208 g/mol. The molecule has 1 aliphatic heterocycles. The van der Waals surface area contributed by atoms with Crippen molar-refractivity contribution in [2.45, 2.75) is 33.1 Å². The predicted molar refractivity (Wildman–Crippen MR) is 74.6 cm³/mol. The van der Waals surface area contributed by atoms with Gasteiger partial charge in [-0.25, -0.2) is 0 Å².